The summed E-state index contributed by atoms with van der Waals surface area (Å²) < 4.78 is 0. The Bertz CT molecular complexity index is 459. The molecule has 3 nitrogen and oxygen atoms in total. The highest BCUT2D eigenvalue weighted by Crippen LogP contribution is 2.36. The number of hydrogen-bond donors (Lipinski definition) is 0. The number of amides is 1. The van der Waals surface area contributed by atoms with Gasteiger partial charge in [0.15, 0.2) is 0 Å². The minimum atomic E-state index is -0.248. The molecule has 0 aromatic heterocycles. The second-order valence-corrected chi connectivity index (χ2v) is 6.96. The number of hydrogen-bond acceptors (Lipinski definition) is 2. The Morgan fingerprint density at radius 1 is 1.19 bits per heavy atom. The van der Waals surface area contributed by atoms with Crippen LogP contribution >= 0.6 is 0 Å². The van der Waals surface area contributed by atoms with Crippen molar-refractivity contribution in [2.24, 2.45) is 11.3 Å². The third-order valence-corrected chi connectivity index (χ3v) is 4.81. The molecule has 1 fully saturated rings. The molecule has 3 heteroatoms. The lowest BCUT2D eigenvalue weighted by Gasteiger charge is -2.40. The third-order valence-electron chi connectivity index (χ3n) is 4.81. The van der Waals surface area contributed by atoms with E-state index in [0.717, 1.165) is 32.5 Å². The van der Waals surface area contributed by atoms with Crippen molar-refractivity contribution in [3.8, 4) is 0 Å². The number of carbonyl (C=O) groups is 1. The van der Waals surface area contributed by atoms with Crippen molar-refractivity contribution < 1.29 is 4.79 Å². The topological polar surface area (TPSA) is 23.6 Å². The molecule has 1 amide bonds. The summed E-state index contributed by atoms with van der Waals surface area (Å²) in [6, 6.07) is 10.6. The maximum absolute atomic E-state index is 12.3. The van der Waals surface area contributed by atoms with Gasteiger partial charge in [-0.15, -0.1) is 0 Å². The second kappa shape index (κ2) is 6.61. The number of likely N-dealkylation sites (tertiary alicyclic amines) is 1. The van der Waals surface area contributed by atoms with Crippen LogP contribution in [0.3, 0.4) is 0 Å². The van der Waals surface area contributed by atoms with E-state index in [9.17, 15) is 4.79 Å². The largest absolute Gasteiger partial charge is 0.348 e. The van der Waals surface area contributed by atoms with Crippen molar-refractivity contribution in [3.63, 3.8) is 0 Å². The molecule has 1 aliphatic rings. The third kappa shape index (κ3) is 3.85. The molecule has 0 unspecified atom stereocenters. The Labute approximate surface area is 128 Å². The molecular weight excluding hydrogens is 260 g/mol. The van der Waals surface area contributed by atoms with Crippen LogP contribution in [0, 0.1) is 11.3 Å². The minimum Gasteiger partial charge on any atom is -0.348 e. The molecule has 1 aromatic rings. The van der Waals surface area contributed by atoms with Gasteiger partial charge >= 0.3 is 0 Å². The Kier molecular flexibility index (Phi) is 5.04. The van der Waals surface area contributed by atoms with Crippen LogP contribution in [0.25, 0.3) is 0 Å². The molecule has 1 aliphatic heterocycles. The number of benzene rings is 1. The van der Waals surface area contributed by atoms with Crippen LogP contribution < -0.4 is 0 Å². The van der Waals surface area contributed by atoms with Crippen LogP contribution in [0.15, 0.2) is 30.3 Å². The molecule has 0 atom stereocenters. The Hall–Kier alpha value is -1.35. The minimum absolute atomic E-state index is 0.248. The second-order valence-electron chi connectivity index (χ2n) is 6.96. The van der Waals surface area contributed by atoms with Crippen LogP contribution in [-0.4, -0.2) is 42.9 Å². The molecule has 116 valence electrons. The van der Waals surface area contributed by atoms with Crippen molar-refractivity contribution in [3.05, 3.63) is 35.9 Å². The van der Waals surface area contributed by atoms with E-state index in [4.69, 9.17) is 0 Å². The fourth-order valence-corrected chi connectivity index (χ4v) is 3.41. The van der Waals surface area contributed by atoms with E-state index in [0.29, 0.717) is 5.92 Å². The van der Waals surface area contributed by atoms with E-state index in [-0.39, 0.29) is 11.3 Å². The lowest BCUT2D eigenvalue weighted by Crippen LogP contribution is -2.45. The van der Waals surface area contributed by atoms with Gasteiger partial charge in [0.1, 0.15) is 0 Å². The van der Waals surface area contributed by atoms with E-state index >= 15 is 0 Å². The first-order chi connectivity index (χ1) is 9.91. The van der Waals surface area contributed by atoms with Gasteiger partial charge in [-0.3, -0.25) is 9.69 Å². The van der Waals surface area contributed by atoms with Crippen LogP contribution in [0.2, 0.25) is 0 Å². The SMILES string of the molecule is CN(C)C(=O)C(C)(C)C1CCN(Cc2ccccc2)CC1. The van der Waals surface area contributed by atoms with Gasteiger partial charge in [0, 0.05) is 26.1 Å². The number of piperidine rings is 1. The molecule has 0 bridgehead atoms. The van der Waals surface area contributed by atoms with E-state index in [1.807, 2.05) is 14.1 Å². The lowest BCUT2D eigenvalue weighted by molar-refractivity contribution is -0.141. The van der Waals surface area contributed by atoms with Gasteiger partial charge in [-0.05, 0) is 37.4 Å². The summed E-state index contributed by atoms with van der Waals surface area (Å²) in [6.07, 6.45) is 2.22. The average Bonchev–Trinajstić information content (AvgIpc) is 2.48. The van der Waals surface area contributed by atoms with Gasteiger partial charge in [0.2, 0.25) is 5.91 Å². The summed E-state index contributed by atoms with van der Waals surface area (Å²) in [5, 5.41) is 0. The van der Waals surface area contributed by atoms with Crippen molar-refractivity contribution >= 4 is 5.91 Å². The first-order valence-electron chi connectivity index (χ1n) is 7.89. The average molecular weight is 288 g/mol. The summed E-state index contributed by atoms with van der Waals surface area (Å²) in [5.41, 5.74) is 1.13. The summed E-state index contributed by atoms with van der Waals surface area (Å²) >= 11 is 0. The van der Waals surface area contributed by atoms with Crippen LogP contribution in [-0.2, 0) is 11.3 Å². The Balaban J connectivity index is 1.90. The molecule has 1 saturated heterocycles. The molecular formula is C18H28N2O. The lowest BCUT2D eigenvalue weighted by atomic mass is 9.72. The summed E-state index contributed by atoms with van der Waals surface area (Å²) in [5.74, 6) is 0.739. The van der Waals surface area contributed by atoms with Gasteiger partial charge in [-0.1, -0.05) is 44.2 Å². The Morgan fingerprint density at radius 2 is 1.76 bits per heavy atom. The fourth-order valence-electron chi connectivity index (χ4n) is 3.41. The quantitative estimate of drug-likeness (QED) is 0.850. The first-order valence-corrected chi connectivity index (χ1v) is 7.89. The van der Waals surface area contributed by atoms with Crippen LogP contribution in [0.5, 0.6) is 0 Å². The number of rotatable bonds is 4. The summed E-state index contributed by atoms with van der Waals surface area (Å²) in [7, 11) is 3.71. The highest BCUT2D eigenvalue weighted by Gasteiger charge is 2.39. The zero-order valence-electron chi connectivity index (χ0n) is 13.8. The predicted molar refractivity (Wildman–Crippen MR) is 86.9 cm³/mol. The van der Waals surface area contributed by atoms with Gasteiger partial charge < -0.3 is 4.90 Å². The fraction of sp³-hybridized carbons (Fsp3) is 0.611. The monoisotopic (exact) mass is 288 g/mol. The molecule has 1 heterocycles. The van der Waals surface area contributed by atoms with Crippen molar-refractivity contribution in [2.45, 2.75) is 33.2 Å². The van der Waals surface area contributed by atoms with E-state index in [2.05, 4.69) is 49.1 Å². The molecule has 21 heavy (non-hydrogen) atoms. The molecule has 2 rings (SSSR count). The van der Waals surface area contributed by atoms with Crippen molar-refractivity contribution in [1.82, 2.24) is 9.80 Å². The summed E-state index contributed by atoms with van der Waals surface area (Å²) in [6.45, 7) is 7.41. The molecule has 0 saturated carbocycles. The van der Waals surface area contributed by atoms with E-state index < -0.39 is 0 Å². The highest BCUT2D eigenvalue weighted by atomic mass is 16.2. The molecule has 0 radical (unpaired) electrons. The number of nitrogens with zero attached hydrogens (tertiary/aromatic N) is 2. The van der Waals surface area contributed by atoms with Crippen LogP contribution in [0.1, 0.15) is 32.3 Å². The van der Waals surface area contributed by atoms with Crippen molar-refractivity contribution in [2.75, 3.05) is 27.2 Å². The normalized spacial score (nSPS) is 17.7. The maximum atomic E-state index is 12.3. The zero-order valence-corrected chi connectivity index (χ0v) is 13.8. The molecule has 1 aromatic carbocycles. The first kappa shape index (κ1) is 16.0. The molecule has 0 spiro atoms. The standard InChI is InChI=1S/C18H28N2O/c1-18(2,17(21)19(3)4)16-10-12-20(13-11-16)14-15-8-6-5-7-9-15/h5-9,16H,10-14H2,1-4H3. The summed E-state index contributed by atoms with van der Waals surface area (Å²) in [4.78, 5) is 16.6. The highest BCUT2D eigenvalue weighted by molar-refractivity contribution is 5.81. The molecule has 0 N–H and O–H groups in total. The number of carbonyl (C=O) groups excluding carboxylic acids is 1. The van der Waals surface area contributed by atoms with Crippen molar-refractivity contribution in [1.29, 1.82) is 0 Å². The predicted octanol–water partition coefficient (Wildman–Crippen LogP) is 3.01. The van der Waals surface area contributed by atoms with Gasteiger partial charge in [-0.25, -0.2) is 0 Å². The van der Waals surface area contributed by atoms with E-state index in [1.54, 1.807) is 4.90 Å². The zero-order chi connectivity index (χ0) is 15.5. The Morgan fingerprint density at radius 3 is 2.29 bits per heavy atom. The van der Waals surface area contributed by atoms with E-state index in [1.165, 1.54) is 5.56 Å². The van der Waals surface area contributed by atoms with Crippen LogP contribution in [0.4, 0.5) is 0 Å². The molecule has 0 aliphatic carbocycles. The van der Waals surface area contributed by atoms with Gasteiger partial charge in [0.25, 0.3) is 0 Å². The maximum Gasteiger partial charge on any atom is 0.227 e. The van der Waals surface area contributed by atoms with Gasteiger partial charge in [-0.2, -0.15) is 0 Å². The van der Waals surface area contributed by atoms with Gasteiger partial charge in [0.05, 0.1) is 0 Å². The smallest absolute Gasteiger partial charge is 0.227 e.